The summed E-state index contributed by atoms with van der Waals surface area (Å²) < 4.78 is 30.3. The van der Waals surface area contributed by atoms with E-state index in [0.717, 1.165) is 6.42 Å². The molecule has 0 aromatic carbocycles. The second-order valence-corrected chi connectivity index (χ2v) is 7.53. The third-order valence-electron chi connectivity index (χ3n) is 2.79. The molecule has 110 valence electrons. The molecule has 1 aromatic rings. The molecule has 1 aromatic heterocycles. The van der Waals surface area contributed by atoms with Crippen LogP contribution in [0.15, 0.2) is 11.1 Å². The molecule has 7 heteroatoms. The molecule has 0 unspecified atom stereocenters. The van der Waals surface area contributed by atoms with Gasteiger partial charge in [0.15, 0.2) is 0 Å². The monoisotopic (exact) mass is 308 g/mol. The van der Waals surface area contributed by atoms with Gasteiger partial charge in [-0.1, -0.05) is 20.8 Å². The van der Waals surface area contributed by atoms with Crippen molar-refractivity contribution in [3.05, 3.63) is 11.9 Å². The largest absolute Gasteiger partial charge is 0.372 e. The molecular formula is C12H21ClN2O3S. The first kappa shape index (κ1) is 16.5. The van der Waals surface area contributed by atoms with E-state index in [-0.39, 0.29) is 17.6 Å². The van der Waals surface area contributed by atoms with E-state index in [1.807, 2.05) is 27.7 Å². The van der Waals surface area contributed by atoms with Crippen molar-refractivity contribution in [2.45, 2.75) is 58.3 Å². The lowest BCUT2D eigenvalue weighted by Crippen LogP contribution is -2.14. The molecule has 1 rings (SSSR count). The maximum Gasteiger partial charge on any atom is 0.264 e. The van der Waals surface area contributed by atoms with Crippen LogP contribution in [0.1, 0.15) is 39.8 Å². The summed E-state index contributed by atoms with van der Waals surface area (Å²) in [6, 6.07) is 0. The first-order chi connectivity index (χ1) is 8.75. The Morgan fingerprint density at radius 2 is 2.05 bits per heavy atom. The second kappa shape index (κ2) is 6.72. The molecule has 19 heavy (non-hydrogen) atoms. The minimum absolute atomic E-state index is 0.0399. The Bertz CT molecular complexity index is 511. The molecule has 0 bridgehead atoms. The first-order valence-electron chi connectivity index (χ1n) is 6.36. The highest BCUT2D eigenvalue weighted by Crippen LogP contribution is 2.22. The second-order valence-electron chi connectivity index (χ2n) is 5.00. The van der Waals surface area contributed by atoms with Crippen LogP contribution in [-0.4, -0.2) is 24.3 Å². The van der Waals surface area contributed by atoms with Crippen LogP contribution in [0, 0.1) is 5.92 Å². The standard InChI is InChI=1S/C12H21ClN2O3S/c1-5-10(4)18-8-11-12(19(13,16)17)6-14-15(11)7-9(2)3/h6,9-10H,5,7-8H2,1-4H3/t10-/m1/s1. The van der Waals surface area contributed by atoms with Gasteiger partial charge in [0.05, 0.1) is 24.6 Å². The Balaban J connectivity index is 3.04. The third-order valence-corrected chi connectivity index (χ3v) is 4.16. The van der Waals surface area contributed by atoms with Crippen molar-refractivity contribution in [3.63, 3.8) is 0 Å². The Morgan fingerprint density at radius 3 is 2.53 bits per heavy atom. The molecule has 1 atom stereocenters. The van der Waals surface area contributed by atoms with Crippen molar-refractivity contribution in [1.82, 2.24) is 9.78 Å². The summed E-state index contributed by atoms with van der Waals surface area (Å²) >= 11 is 0. The molecule has 0 aliphatic carbocycles. The van der Waals surface area contributed by atoms with Gasteiger partial charge in [0.25, 0.3) is 9.05 Å². The van der Waals surface area contributed by atoms with Crippen LogP contribution < -0.4 is 0 Å². The molecule has 1 heterocycles. The van der Waals surface area contributed by atoms with E-state index in [4.69, 9.17) is 15.4 Å². The summed E-state index contributed by atoms with van der Waals surface area (Å²) in [4.78, 5) is 0.0399. The lowest BCUT2D eigenvalue weighted by Gasteiger charge is -2.14. The zero-order valence-corrected chi connectivity index (χ0v) is 13.3. The predicted molar refractivity (Wildman–Crippen MR) is 74.6 cm³/mol. The molecule has 0 spiro atoms. The predicted octanol–water partition coefficient (Wildman–Crippen LogP) is 2.78. The molecule has 0 N–H and O–H groups in total. The fraction of sp³-hybridized carbons (Fsp3) is 0.750. The average molecular weight is 309 g/mol. The van der Waals surface area contributed by atoms with Crippen molar-refractivity contribution in [1.29, 1.82) is 0 Å². The lowest BCUT2D eigenvalue weighted by molar-refractivity contribution is 0.0450. The minimum Gasteiger partial charge on any atom is -0.372 e. The van der Waals surface area contributed by atoms with Crippen molar-refractivity contribution in [2.24, 2.45) is 5.92 Å². The number of hydrogen-bond acceptors (Lipinski definition) is 4. The molecule has 0 aliphatic rings. The zero-order valence-electron chi connectivity index (χ0n) is 11.8. The van der Waals surface area contributed by atoms with E-state index < -0.39 is 9.05 Å². The van der Waals surface area contributed by atoms with E-state index in [9.17, 15) is 8.42 Å². The van der Waals surface area contributed by atoms with Gasteiger partial charge < -0.3 is 4.74 Å². The van der Waals surface area contributed by atoms with Gasteiger partial charge in [-0.3, -0.25) is 4.68 Å². The number of ether oxygens (including phenoxy) is 1. The van der Waals surface area contributed by atoms with Gasteiger partial charge in [-0.15, -0.1) is 0 Å². The molecular weight excluding hydrogens is 288 g/mol. The van der Waals surface area contributed by atoms with Crippen LogP contribution in [-0.2, 0) is 26.9 Å². The molecule has 0 saturated carbocycles. The Hall–Kier alpha value is -0.590. The molecule has 0 aliphatic heterocycles. The number of halogens is 1. The Kier molecular flexibility index (Phi) is 5.82. The summed E-state index contributed by atoms with van der Waals surface area (Å²) in [6.45, 7) is 8.85. The Labute approximate surface area is 119 Å². The van der Waals surface area contributed by atoms with Gasteiger partial charge >= 0.3 is 0 Å². The topological polar surface area (TPSA) is 61.2 Å². The summed E-state index contributed by atoms with van der Waals surface area (Å²) in [5.41, 5.74) is 0.518. The summed E-state index contributed by atoms with van der Waals surface area (Å²) in [5.74, 6) is 0.355. The third kappa shape index (κ3) is 4.78. The van der Waals surface area contributed by atoms with Crippen LogP contribution in [0.5, 0.6) is 0 Å². The van der Waals surface area contributed by atoms with Gasteiger partial charge in [0.1, 0.15) is 4.90 Å². The SMILES string of the molecule is CC[C@@H](C)OCc1c(S(=O)(=O)Cl)cnn1CC(C)C. The van der Waals surface area contributed by atoms with Crippen LogP contribution >= 0.6 is 10.7 Å². The quantitative estimate of drug-likeness (QED) is 0.727. The fourth-order valence-electron chi connectivity index (χ4n) is 1.59. The maximum atomic E-state index is 11.5. The van der Waals surface area contributed by atoms with E-state index >= 15 is 0 Å². The number of rotatable bonds is 7. The summed E-state index contributed by atoms with van der Waals surface area (Å²) in [6.07, 6.45) is 2.22. The van der Waals surface area contributed by atoms with Gasteiger partial charge in [-0.25, -0.2) is 8.42 Å². The Morgan fingerprint density at radius 1 is 1.42 bits per heavy atom. The molecule has 0 fully saturated rings. The van der Waals surface area contributed by atoms with Gasteiger partial charge in [-0.05, 0) is 19.3 Å². The number of hydrogen-bond donors (Lipinski definition) is 0. The number of nitrogens with zero attached hydrogens (tertiary/aromatic N) is 2. The highest BCUT2D eigenvalue weighted by Gasteiger charge is 2.22. The summed E-state index contributed by atoms with van der Waals surface area (Å²) in [5, 5.41) is 4.10. The van der Waals surface area contributed by atoms with E-state index in [1.54, 1.807) is 4.68 Å². The smallest absolute Gasteiger partial charge is 0.264 e. The van der Waals surface area contributed by atoms with Crippen molar-refractivity contribution < 1.29 is 13.2 Å². The molecule has 0 radical (unpaired) electrons. The molecule has 0 saturated heterocycles. The molecule has 5 nitrogen and oxygen atoms in total. The van der Waals surface area contributed by atoms with E-state index in [1.165, 1.54) is 6.20 Å². The lowest BCUT2D eigenvalue weighted by atomic mass is 10.2. The first-order valence-corrected chi connectivity index (χ1v) is 8.67. The van der Waals surface area contributed by atoms with Gasteiger partial charge in [0, 0.05) is 17.2 Å². The van der Waals surface area contributed by atoms with E-state index in [0.29, 0.717) is 18.2 Å². The van der Waals surface area contributed by atoms with Crippen molar-refractivity contribution in [2.75, 3.05) is 0 Å². The van der Waals surface area contributed by atoms with E-state index in [2.05, 4.69) is 5.10 Å². The van der Waals surface area contributed by atoms with Gasteiger partial charge in [-0.2, -0.15) is 5.10 Å². The van der Waals surface area contributed by atoms with Crippen LogP contribution in [0.25, 0.3) is 0 Å². The fourth-order valence-corrected chi connectivity index (χ4v) is 2.59. The average Bonchev–Trinajstić information content (AvgIpc) is 2.67. The number of aromatic nitrogens is 2. The normalized spacial score (nSPS) is 14.0. The van der Waals surface area contributed by atoms with Crippen LogP contribution in [0.3, 0.4) is 0 Å². The minimum atomic E-state index is -3.79. The van der Waals surface area contributed by atoms with Crippen LogP contribution in [0.2, 0.25) is 0 Å². The zero-order chi connectivity index (χ0) is 14.6. The molecule has 0 amide bonds. The highest BCUT2D eigenvalue weighted by atomic mass is 35.7. The maximum absolute atomic E-state index is 11.5. The van der Waals surface area contributed by atoms with Crippen molar-refractivity contribution in [3.8, 4) is 0 Å². The van der Waals surface area contributed by atoms with Gasteiger partial charge in [0.2, 0.25) is 0 Å². The van der Waals surface area contributed by atoms with Crippen LogP contribution in [0.4, 0.5) is 0 Å². The highest BCUT2D eigenvalue weighted by molar-refractivity contribution is 8.13. The summed E-state index contributed by atoms with van der Waals surface area (Å²) in [7, 11) is 1.63. The van der Waals surface area contributed by atoms with Crippen molar-refractivity contribution >= 4 is 19.7 Å².